The van der Waals surface area contributed by atoms with Gasteiger partial charge < -0.3 is 34.5 Å². The van der Waals surface area contributed by atoms with Crippen LogP contribution in [-0.2, 0) is 6.54 Å². The van der Waals surface area contributed by atoms with E-state index in [-0.39, 0.29) is 30.0 Å². The van der Waals surface area contributed by atoms with Gasteiger partial charge in [-0.3, -0.25) is 0 Å². The minimum Gasteiger partial charge on any atom is -0.497 e. The van der Waals surface area contributed by atoms with Gasteiger partial charge in [0.05, 0.1) is 41.0 Å². The number of guanidine groups is 1. The van der Waals surface area contributed by atoms with E-state index in [4.69, 9.17) is 23.9 Å². The summed E-state index contributed by atoms with van der Waals surface area (Å²) < 4.78 is 21.6. The van der Waals surface area contributed by atoms with Crippen LogP contribution in [0.5, 0.6) is 23.0 Å². The van der Waals surface area contributed by atoms with Crippen LogP contribution in [0.25, 0.3) is 0 Å². The Morgan fingerprint density at radius 3 is 1.97 bits per heavy atom. The summed E-state index contributed by atoms with van der Waals surface area (Å²) >= 11 is 0. The second kappa shape index (κ2) is 14.7. The molecule has 0 aliphatic carbocycles. The Kier molecular flexibility index (Phi) is 12.7. The molecule has 2 aromatic rings. The molecule has 9 heteroatoms. The van der Waals surface area contributed by atoms with E-state index >= 15 is 0 Å². The molecule has 0 bridgehead atoms. The van der Waals surface area contributed by atoms with Crippen molar-refractivity contribution in [1.82, 2.24) is 15.5 Å². The van der Waals surface area contributed by atoms with Crippen LogP contribution in [0.1, 0.15) is 24.1 Å². The van der Waals surface area contributed by atoms with Crippen LogP contribution in [0, 0.1) is 0 Å². The van der Waals surface area contributed by atoms with E-state index in [0.29, 0.717) is 30.3 Å². The van der Waals surface area contributed by atoms with E-state index in [1.54, 1.807) is 28.4 Å². The first-order valence-corrected chi connectivity index (χ1v) is 10.6. The fraction of sp³-hybridized carbons (Fsp3) is 0.458. The molecular weight excluding hydrogens is 535 g/mol. The molecule has 0 fully saturated rings. The lowest BCUT2D eigenvalue weighted by atomic mass is 10.1. The zero-order valence-electron chi connectivity index (χ0n) is 20.6. The van der Waals surface area contributed by atoms with E-state index in [1.165, 1.54) is 5.56 Å². The van der Waals surface area contributed by atoms with Crippen molar-refractivity contribution in [3.8, 4) is 23.0 Å². The van der Waals surface area contributed by atoms with Crippen molar-refractivity contribution in [2.24, 2.45) is 4.99 Å². The maximum absolute atomic E-state index is 5.45. The van der Waals surface area contributed by atoms with E-state index in [2.05, 4.69) is 41.8 Å². The Morgan fingerprint density at radius 2 is 1.52 bits per heavy atom. The molecule has 2 rings (SSSR count). The molecule has 1 unspecified atom stereocenters. The van der Waals surface area contributed by atoms with Crippen molar-refractivity contribution >= 4 is 29.9 Å². The minimum absolute atomic E-state index is 0. The fourth-order valence-electron chi connectivity index (χ4n) is 3.36. The topological polar surface area (TPSA) is 76.6 Å². The molecule has 0 spiro atoms. The number of aliphatic imine (C=N–C) groups is 1. The number of hydrogen-bond donors (Lipinski definition) is 2. The highest BCUT2D eigenvalue weighted by Crippen LogP contribution is 2.38. The molecule has 8 nitrogen and oxygen atoms in total. The summed E-state index contributed by atoms with van der Waals surface area (Å²) in [5.41, 5.74) is 2.15. The van der Waals surface area contributed by atoms with E-state index in [0.717, 1.165) is 23.8 Å². The molecule has 0 saturated carbocycles. The molecule has 33 heavy (non-hydrogen) atoms. The summed E-state index contributed by atoms with van der Waals surface area (Å²) in [7, 11) is 10.6. The normalized spacial score (nSPS) is 11.9. The minimum atomic E-state index is 0. The van der Waals surface area contributed by atoms with E-state index in [1.807, 2.05) is 31.2 Å². The SMILES string of the molecule is CCNC(=NCc1cc(OC)c(OC)c(OC)c1)NCC(c1ccc(OC)cc1)N(C)C.I. The summed E-state index contributed by atoms with van der Waals surface area (Å²) in [6.45, 7) is 3.96. The van der Waals surface area contributed by atoms with Crippen LogP contribution in [0.2, 0.25) is 0 Å². The Labute approximate surface area is 214 Å². The Bertz CT molecular complexity index is 850. The molecule has 2 N–H and O–H groups in total. The maximum atomic E-state index is 5.45. The number of nitrogens with one attached hydrogen (secondary N) is 2. The summed E-state index contributed by atoms with van der Waals surface area (Å²) in [6.07, 6.45) is 0. The zero-order valence-corrected chi connectivity index (χ0v) is 22.9. The van der Waals surface area contributed by atoms with Crippen LogP contribution in [0.4, 0.5) is 0 Å². The molecule has 0 heterocycles. The fourth-order valence-corrected chi connectivity index (χ4v) is 3.36. The number of likely N-dealkylation sites (N-methyl/N-ethyl adjacent to an activating group) is 1. The lowest BCUT2D eigenvalue weighted by molar-refractivity contribution is 0.298. The summed E-state index contributed by atoms with van der Waals surface area (Å²) in [6, 6.07) is 12.1. The Morgan fingerprint density at radius 1 is 0.909 bits per heavy atom. The van der Waals surface area contributed by atoms with Crippen molar-refractivity contribution in [3.05, 3.63) is 47.5 Å². The van der Waals surface area contributed by atoms with Gasteiger partial charge in [0, 0.05) is 13.1 Å². The van der Waals surface area contributed by atoms with Gasteiger partial charge in [-0.15, -0.1) is 24.0 Å². The van der Waals surface area contributed by atoms with Gasteiger partial charge in [-0.2, -0.15) is 0 Å². The number of benzene rings is 2. The lowest BCUT2D eigenvalue weighted by Crippen LogP contribution is -2.41. The molecule has 0 aliphatic rings. The van der Waals surface area contributed by atoms with Crippen LogP contribution in [0.3, 0.4) is 0 Å². The van der Waals surface area contributed by atoms with Crippen molar-refractivity contribution in [1.29, 1.82) is 0 Å². The Balaban J connectivity index is 0.00000544. The van der Waals surface area contributed by atoms with Gasteiger partial charge >= 0.3 is 0 Å². The smallest absolute Gasteiger partial charge is 0.203 e. The van der Waals surface area contributed by atoms with Crippen molar-refractivity contribution in [2.45, 2.75) is 19.5 Å². The van der Waals surface area contributed by atoms with Crippen molar-refractivity contribution in [3.63, 3.8) is 0 Å². The van der Waals surface area contributed by atoms with Gasteiger partial charge in [0.25, 0.3) is 0 Å². The largest absolute Gasteiger partial charge is 0.497 e. The first-order chi connectivity index (χ1) is 15.5. The first-order valence-electron chi connectivity index (χ1n) is 10.6. The number of rotatable bonds is 11. The molecule has 2 aromatic carbocycles. The van der Waals surface area contributed by atoms with Gasteiger partial charge in [-0.25, -0.2) is 4.99 Å². The Hall–Kier alpha value is -2.40. The first kappa shape index (κ1) is 28.6. The van der Waals surface area contributed by atoms with E-state index < -0.39 is 0 Å². The van der Waals surface area contributed by atoms with Crippen molar-refractivity contribution in [2.75, 3.05) is 55.6 Å². The third-order valence-corrected chi connectivity index (χ3v) is 5.08. The van der Waals surface area contributed by atoms with Crippen molar-refractivity contribution < 1.29 is 18.9 Å². The highest BCUT2D eigenvalue weighted by molar-refractivity contribution is 14.0. The number of methoxy groups -OCH3 is 4. The molecule has 0 aromatic heterocycles. The summed E-state index contributed by atoms with van der Waals surface area (Å²) in [4.78, 5) is 6.92. The number of nitrogens with zero attached hydrogens (tertiary/aromatic N) is 2. The molecule has 0 saturated heterocycles. The number of ether oxygens (including phenoxy) is 4. The van der Waals surface area contributed by atoms with E-state index in [9.17, 15) is 0 Å². The second-order valence-electron chi connectivity index (χ2n) is 7.36. The van der Waals surface area contributed by atoms with Gasteiger partial charge in [-0.1, -0.05) is 12.1 Å². The highest BCUT2D eigenvalue weighted by Gasteiger charge is 2.16. The lowest BCUT2D eigenvalue weighted by Gasteiger charge is -2.26. The zero-order chi connectivity index (χ0) is 23.5. The van der Waals surface area contributed by atoms with Crippen LogP contribution >= 0.6 is 24.0 Å². The molecule has 184 valence electrons. The van der Waals surface area contributed by atoms with Gasteiger partial charge in [0.2, 0.25) is 5.75 Å². The van der Waals surface area contributed by atoms with Crippen LogP contribution in [-0.4, -0.2) is 66.5 Å². The predicted octanol–water partition coefficient (Wildman–Crippen LogP) is 3.70. The second-order valence-corrected chi connectivity index (χ2v) is 7.36. The standard InChI is InChI=1S/C24H36N4O4.HI/c1-8-25-24(26-15-17-13-21(30-5)23(32-7)22(14-17)31-6)27-16-20(28(2)3)18-9-11-19(29-4)12-10-18;/h9-14,20H,8,15-16H2,1-7H3,(H2,25,26,27);1H. The third kappa shape index (κ3) is 8.15. The van der Waals surface area contributed by atoms with Gasteiger partial charge in [0.15, 0.2) is 17.5 Å². The molecule has 0 aliphatic heterocycles. The highest BCUT2D eigenvalue weighted by atomic mass is 127. The molecule has 1 atom stereocenters. The summed E-state index contributed by atoms with van der Waals surface area (Å²) in [5.74, 6) is 3.38. The molecule has 0 radical (unpaired) electrons. The summed E-state index contributed by atoms with van der Waals surface area (Å²) in [5, 5.41) is 6.77. The van der Waals surface area contributed by atoms with Crippen LogP contribution in [0.15, 0.2) is 41.4 Å². The third-order valence-electron chi connectivity index (χ3n) is 5.08. The average molecular weight is 572 g/mol. The van der Waals surface area contributed by atoms with Gasteiger partial charge in [-0.05, 0) is 56.4 Å². The monoisotopic (exact) mass is 572 g/mol. The average Bonchev–Trinajstić information content (AvgIpc) is 2.81. The number of halogens is 1. The molecular formula is C24H37IN4O4. The van der Waals surface area contributed by atoms with Crippen LogP contribution < -0.4 is 29.6 Å². The number of hydrogen-bond acceptors (Lipinski definition) is 6. The predicted molar refractivity (Wildman–Crippen MR) is 144 cm³/mol. The molecule has 0 amide bonds. The quantitative estimate of drug-likeness (QED) is 0.242. The van der Waals surface area contributed by atoms with Gasteiger partial charge in [0.1, 0.15) is 5.75 Å². The maximum Gasteiger partial charge on any atom is 0.203 e.